The Morgan fingerprint density at radius 3 is 3.24 bits per heavy atom. The zero-order valence-corrected chi connectivity index (χ0v) is 11.9. The summed E-state index contributed by atoms with van der Waals surface area (Å²) in [5.41, 5.74) is 2.29. The van der Waals surface area contributed by atoms with Gasteiger partial charge in [0, 0.05) is 38.4 Å². The third kappa shape index (κ3) is 2.66. The average Bonchev–Trinajstić information content (AvgIpc) is 2.49. The molecule has 2 aromatic rings. The van der Waals surface area contributed by atoms with Crippen LogP contribution in [0.5, 0.6) is 0 Å². The molecule has 0 spiro atoms. The second kappa shape index (κ2) is 5.64. The Kier molecular flexibility index (Phi) is 3.69. The van der Waals surface area contributed by atoms with E-state index in [0.29, 0.717) is 18.7 Å². The van der Waals surface area contributed by atoms with Crippen LogP contribution in [-0.2, 0) is 6.54 Å². The molecule has 0 amide bonds. The molecule has 0 aromatic carbocycles. The number of fused-ring (bicyclic) bond motifs is 1. The van der Waals surface area contributed by atoms with Crippen molar-refractivity contribution in [2.75, 3.05) is 19.6 Å². The maximum absolute atomic E-state index is 12.2. The van der Waals surface area contributed by atoms with Crippen LogP contribution in [0.3, 0.4) is 0 Å². The first kappa shape index (κ1) is 13.7. The molecule has 108 valence electrons. The number of aromatic nitrogens is 2. The van der Waals surface area contributed by atoms with E-state index in [1.165, 1.54) is 0 Å². The van der Waals surface area contributed by atoms with E-state index in [0.717, 1.165) is 24.3 Å². The summed E-state index contributed by atoms with van der Waals surface area (Å²) in [6.45, 7) is 4.76. The van der Waals surface area contributed by atoms with E-state index < -0.39 is 0 Å². The van der Waals surface area contributed by atoms with Crippen LogP contribution in [0.2, 0.25) is 0 Å². The number of nitrogens with one attached hydrogen (secondary N) is 1. The molecule has 1 fully saturated rings. The Morgan fingerprint density at radius 2 is 2.43 bits per heavy atom. The van der Waals surface area contributed by atoms with Gasteiger partial charge in [-0.3, -0.25) is 14.1 Å². The summed E-state index contributed by atoms with van der Waals surface area (Å²) in [4.78, 5) is 18.8. The lowest BCUT2D eigenvalue weighted by molar-refractivity contribution is 0.187. The number of nitriles is 1. The van der Waals surface area contributed by atoms with Crippen molar-refractivity contribution >= 4 is 5.65 Å². The second-order valence-electron chi connectivity index (χ2n) is 5.29. The van der Waals surface area contributed by atoms with E-state index in [1.54, 1.807) is 16.7 Å². The number of hydrogen-bond acceptors (Lipinski definition) is 5. The summed E-state index contributed by atoms with van der Waals surface area (Å²) in [7, 11) is 0. The van der Waals surface area contributed by atoms with Gasteiger partial charge in [0.05, 0.1) is 11.8 Å². The number of rotatable bonds is 2. The lowest BCUT2D eigenvalue weighted by Crippen LogP contribution is -2.50. The van der Waals surface area contributed by atoms with E-state index in [-0.39, 0.29) is 11.6 Å². The molecule has 1 N–H and O–H groups in total. The summed E-state index contributed by atoms with van der Waals surface area (Å²) < 4.78 is 1.55. The first-order chi connectivity index (χ1) is 10.2. The zero-order valence-electron chi connectivity index (χ0n) is 11.9. The fraction of sp³-hybridized carbons (Fsp3) is 0.400. The van der Waals surface area contributed by atoms with E-state index in [2.05, 4.69) is 21.3 Å². The summed E-state index contributed by atoms with van der Waals surface area (Å²) in [5.74, 6) is 0. The van der Waals surface area contributed by atoms with E-state index in [9.17, 15) is 10.1 Å². The minimum Gasteiger partial charge on any atom is -0.313 e. The molecule has 1 aliphatic heterocycles. The largest absolute Gasteiger partial charge is 0.313 e. The molecular weight excluding hydrogens is 266 g/mol. The fourth-order valence-electron chi connectivity index (χ4n) is 2.66. The van der Waals surface area contributed by atoms with Gasteiger partial charge in [-0.15, -0.1) is 0 Å². The lowest BCUT2D eigenvalue weighted by Gasteiger charge is -2.31. The third-order valence-electron chi connectivity index (χ3n) is 3.81. The lowest BCUT2D eigenvalue weighted by atomic mass is 10.2. The van der Waals surface area contributed by atoms with Gasteiger partial charge in [0.15, 0.2) is 0 Å². The standard InChI is InChI=1S/C15H17N5O/c1-11-3-2-5-20-14(21)7-12(18-15(11)20)10-19-6-4-17-9-13(19)8-16/h2-3,5,7,13,17H,4,6,9-10H2,1H3. The maximum atomic E-state index is 12.2. The Hall–Kier alpha value is -2.23. The topological polar surface area (TPSA) is 73.4 Å². The number of hydrogen-bond donors (Lipinski definition) is 1. The predicted molar refractivity (Wildman–Crippen MR) is 78.9 cm³/mol. The average molecular weight is 283 g/mol. The Balaban J connectivity index is 1.96. The van der Waals surface area contributed by atoms with Gasteiger partial charge in [-0.25, -0.2) is 4.98 Å². The number of nitrogens with zero attached hydrogens (tertiary/aromatic N) is 4. The van der Waals surface area contributed by atoms with Crippen molar-refractivity contribution in [3.63, 3.8) is 0 Å². The van der Waals surface area contributed by atoms with Crippen LogP contribution in [-0.4, -0.2) is 40.0 Å². The molecule has 6 heteroatoms. The zero-order chi connectivity index (χ0) is 14.8. The van der Waals surface area contributed by atoms with Gasteiger partial charge in [-0.05, 0) is 18.6 Å². The van der Waals surface area contributed by atoms with Crippen LogP contribution in [0.25, 0.3) is 5.65 Å². The van der Waals surface area contributed by atoms with Crippen LogP contribution in [0.15, 0.2) is 29.2 Å². The number of piperazine rings is 1. The van der Waals surface area contributed by atoms with Gasteiger partial charge in [-0.1, -0.05) is 6.07 Å². The molecule has 1 atom stereocenters. The van der Waals surface area contributed by atoms with E-state index >= 15 is 0 Å². The first-order valence-corrected chi connectivity index (χ1v) is 7.01. The molecule has 6 nitrogen and oxygen atoms in total. The highest BCUT2D eigenvalue weighted by molar-refractivity contribution is 5.46. The molecule has 1 saturated heterocycles. The summed E-state index contributed by atoms with van der Waals surface area (Å²) in [6, 6.07) is 7.46. The van der Waals surface area contributed by atoms with E-state index in [4.69, 9.17) is 0 Å². The number of pyridine rings is 1. The monoisotopic (exact) mass is 283 g/mol. The first-order valence-electron chi connectivity index (χ1n) is 7.01. The molecule has 3 heterocycles. The number of aryl methyl sites for hydroxylation is 1. The van der Waals surface area contributed by atoms with Crippen LogP contribution < -0.4 is 10.9 Å². The normalized spacial score (nSPS) is 19.5. The Bertz CT molecular complexity index is 761. The Labute approximate surface area is 122 Å². The van der Waals surface area contributed by atoms with Gasteiger partial charge < -0.3 is 5.32 Å². The van der Waals surface area contributed by atoms with Crippen molar-refractivity contribution < 1.29 is 0 Å². The molecule has 0 aliphatic carbocycles. The van der Waals surface area contributed by atoms with Crippen molar-refractivity contribution in [3.8, 4) is 6.07 Å². The van der Waals surface area contributed by atoms with Crippen molar-refractivity contribution in [1.29, 1.82) is 5.26 Å². The molecule has 0 radical (unpaired) electrons. The molecule has 3 rings (SSSR count). The third-order valence-corrected chi connectivity index (χ3v) is 3.81. The minimum absolute atomic E-state index is 0.0812. The van der Waals surface area contributed by atoms with Crippen LogP contribution in [0, 0.1) is 18.3 Å². The molecule has 1 aliphatic rings. The van der Waals surface area contributed by atoms with Gasteiger partial charge in [-0.2, -0.15) is 5.26 Å². The van der Waals surface area contributed by atoms with Gasteiger partial charge in [0.1, 0.15) is 11.7 Å². The second-order valence-corrected chi connectivity index (χ2v) is 5.29. The van der Waals surface area contributed by atoms with E-state index in [1.807, 2.05) is 19.1 Å². The maximum Gasteiger partial charge on any atom is 0.258 e. The van der Waals surface area contributed by atoms with Crippen LogP contribution in [0.4, 0.5) is 0 Å². The SMILES string of the molecule is Cc1cccn2c(=O)cc(CN3CCNCC3C#N)nc12. The Morgan fingerprint density at radius 1 is 1.57 bits per heavy atom. The summed E-state index contributed by atoms with van der Waals surface area (Å²) in [5, 5.41) is 12.4. The van der Waals surface area contributed by atoms with Crippen molar-refractivity contribution in [1.82, 2.24) is 19.6 Å². The van der Waals surface area contributed by atoms with Gasteiger partial charge >= 0.3 is 0 Å². The summed E-state index contributed by atoms with van der Waals surface area (Å²) >= 11 is 0. The van der Waals surface area contributed by atoms with Crippen molar-refractivity contribution in [2.24, 2.45) is 0 Å². The van der Waals surface area contributed by atoms with Crippen LogP contribution in [0.1, 0.15) is 11.3 Å². The van der Waals surface area contributed by atoms with Gasteiger partial charge in [0.2, 0.25) is 0 Å². The molecular formula is C15H17N5O. The molecule has 0 saturated carbocycles. The highest BCUT2D eigenvalue weighted by Crippen LogP contribution is 2.10. The molecule has 0 bridgehead atoms. The quantitative estimate of drug-likeness (QED) is 0.858. The van der Waals surface area contributed by atoms with Crippen LogP contribution >= 0.6 is 0 Å². The minimum atomic E-state index is -0.170. The molecule has 1 unspecified atom stereocenters. The fourth-order valence-corrected chi connectivity index (χ4v) is 2.66. The summed E-state index contributed by atoms with van der Waals surface area (Å²) in [6.07, 6.45) is 1.73. The van der Waals surface area contributed by atoms with Gasteiger partial charge in [0.25, 0.3) is 5.56 Å². The predicted octanol–water partition coefficient (Wildman–Crippen LogP) is 0.300. The molecule has 2 aromatic heterocycles. The van der Waals surface area contributed by atoms with Crippen molar-refractivity contribution in [2.45, 2.75) is 19.5 Å². The molecule has 21 heavy (non-hydrogen) atoms. The smallest absolute Gasteiger partial charge is 0.258 e. The highest BCUT2D eigenvalue weighted by atomic mass is 16.1. The van der Waals surface area contributed by atoms with Crippen molar-refractivity contribution in [3.05, 3.63) is 46.0 Å². The highest BCUT2D eigenvalue weighted by Gasteiger charge is 2.22.